The first-order valence-corrected chi connectivity index (χ1v) is 6.32. The van der Waals surface area contributed by atoms with Gasteiger partial charge in [-0.25, -0.2) is 10.4 Å². The standard InChI is InChI=1S/C13H13N7O/c1-7(11-14-9-5-3-4-6-10(9)15-11)17-19-13-16-12(21)8(2)18-20-13/h3-6H,1-2H3,(H,14,15)(H2,16,19,20,21)/b17-7+. The van der Waals surface area contributed by atoms with E-state index in [2.05, 4.69) is 35.7 Å². The number of benzene rings is 1. The molecule has 3 aromatic rings. The summed E-state index contributed by atoms with van der Waals surface area (Å²) in [4.78, 5) is 21.5. The smallest absolute Gasteiger partial charge is 0.274 e. The van der Waals surface area contributed by atoms with Gasteiger partial charge in [0.1, 0.15) is 11.4 Å². The summed E-state index contributed by atoms with van der Waals surface area (Å²) >= 11 is 0. The average Bonchev–Trinajstić information content (AvgIpc) is 2.92. The first kappa shape index (κ1) is 13.0. The molecule has 0 aliphatic heterocycles. The number of rotatable bonds is 3. The lowest BCUT2D eigenvalue weighted by Gasteiger charge is -1.99. The zero-order valence-electron chi connectivity index (χ0n) is 11.5. The molecule has 0 saturated heterocycles. The minimum atomic E-state index is -0.302. The molecule has 0 fully saturated rings. The molecule has 0 atom stereocenters. The molecule has 8 nitrogen and oxygen atoms in total. The lowest BCUT2D eigenvalue weighted by Crippen LogP contribution is -2.16. The predicted molar refractivity (Wildman–Crippen MR) is 79.3 cm³/mol. The van der Waals surface area contributed by atoms with Gasteiger partial charge in [0.2, 0.25) is 5.95 Å². The molecule has 106 valence electrons. The van der Waals surface area contributed by atoms with E-state index in [0.29, 0.717) is 17.2 Å². The zero-order chi connectivity index (χ0) is 14.8. The number of imidazole rings is 1. The molecule has 2 aromatic heterocycles. The molecule has 1 aromatic carbocycles. The van der Waals surface area contributed by atoms with Crippen molar-refractivity contribution in [2.45, 2.75) is 13.8 Å². The van der Waals surface area contributed by atoms with Gasteiger partial charge in [-0.3, -0.25) is 9.78 Å². The van der Waals surface area contributed by atoms with Crippen LogP contribution in [0.5, 0.6) is 0 Å². The van der Waals surface area contributed by atoms with Crippen LogP contribution in [0.4, 0.5) is 5.95 Å². The van der Waals surface area contributed by atoms with Gasteiger partial charge in [0, 0.05) is 0 Å². The third kappa shape index (κ3) is 2.64. The third-order valence-corrected chi connectivity index (χ3v) is 2.92. The number of fused-ring (bicyclic) bond motifs is 1. The Labute approximate surface area is 119 Å². The van der Waals surface area contributed by atoms with Crippen LogP contribution in [0.1, 0.15) is 18.4 Å². The number of hydrogen-bond donors (Lipinski definition) is 3. The topological polar surface area (TPSA) is 112 Å². The fraction of sp³-hybridized carbons (Fsp3) is 0.154. The molecule has 0 aliphatic rings. The SMILES string of the molecule is C/C(=N\Nc1nnc(C)c(=O)[nH]1)c1nc2ccccc2[nH]1. The summed E-state index contributed by atoms with van der Waals surface area (Å²) in [6.07, 6.45) is 0. The van der Waals surface area contributed by atoms with Gasteiger partial charge in [-0.2, -0.15) is 5.10 Å². The first-order chi connectivity index (χ1) is 10.1. The molecule has 21 heavy (non-hydrogen) atoms. The molecule has 3 rings (SSSR count). The van der Waals surface area contributed by atoms with Gasteiger partial charge in [0.05, 0.1) is 11.0 Å². The van der Waals surface area contributed by atoms with Crippen LogP contribution in [-0.2, 0) is 0 Å². The van der Waals surface area contributed by atoms with E-state index in [9.17, 15) is 4.79 Å². The minimum absolute atomic E-state index is 0.182. The number of hydrogen-bond acceptors (Lipinski definition) is 6. The van der Waals surface area contributed by atoms with E-state index in [4.69, 9.17) is 0 Å². The minimum Gasteiger partial charge on any atom is -0.337 e. The Morgan fingerprint density at radius 2 is 2.05 bits per heavy atom. The maximum Gasteiger partial charge on any atom is 0.274 e. The summed E-state index contributed by atoms with van der Waals surface area (Å²) in [6, 6.07) is 7.71. The van der Waals surface area contributed by atoms with Gasteiger partial charge in [-0.1, -0.05) is 12.1 Å². The quantitative estimate of drug-likeness (QED) is 0.493. The van der Waals surface area contributed by atoms with Crippen molar-refractivity contribution in [2.24, 2.45) is 5.10 Å². The third-order valence-electron chi connectivity index (χ3n) is 2.92. The van der Waals surface area contributed by atoms with E-state index in [-0.39, 0.29) is 11.5 Å². The number of aromatic nitrogens is 5. The van der Waals surface area contributed by atoms with Crippen molar-refractivity contribution in [3.05, 3.63) is 46.1 Å². The van der Waals surface area contributed by atoms with Crippen LogP contribution < -0.4 is 11.0 Å². The first-order valence-electron chi connectivity index (χ1n) is 6.32. The Morgan fingerprint density at radius 3 is 2.81 bits per heavy atom. The Morgan fingerprint density at radius 1 is 1.24 bits per heavy atom. The number of nitrogens with one attached hydrogen (secondary N) is 3. The zero-order valence-corrected chi connectivity index (χ0v) is 11.5. The van der Waals surface area contributed by atoms with Crippen LogP contribution in [0.3, 0.4) is 0 Å². The van der Waals surface area contributed by atoms with Crippen molar-refractivity contribution >= 4 is 22.7 Å². The van der Waals surface area contributed by atoms with Crippen LogP contribution in [0.15, 0.2) is 34.2 Å². The Balaban J connectivity index is 1.85. The average molecular weight is 283 g/mol. The number of H-pyrrole nitrogens is 2. The van der Waals surface area contributed by atoms with Crippen LogP contribution >= 0.6 is 0 Å². The molecule has 0 spiro atoms. The van der Waals surface area contributed by atoms with E-state index in [1.165, 1.54) is 0 Å². The number of aryl methyl sites for hydroxylation is 1. The second-order valence-electron chi connectivity index (χ2n) is 4.50. The molecule has 0 unspecified atom stereocenters. The molecule has 8 heteroatoms. The Hall–Kier alpha value is -3.03. The van der Waals surface area contributed by atoms with Gasteiger partial charge in [0.25, 0.3) is 5.56 Å². The maximum absolute atomic E-state index is 11.4. The molecule has 3 N–H and O–H groups in total. The molecule has 0 bridgehead atoms. The fourth-order valence-corrected chi connectivity index (χ4v) is 1.76. The van der Waals surface area contributed by atoms with Crippen molar-refractivity contribution in [3.8, 4) is 0 Å². The summed E-state index contributed by atoms with van der Waals surface area (Å²) in [7, 11) is 0. The Kier molecular flexibility index (Phi) is 3.19. The lowest BCUT2D eigenvalue weighted by atomic mass is 10.3. The molecule has 0 radical (unpaired) electrons. The molecule has 0 saturated carbocycles. The van der Waals surface area contributed by atoms with Crippen molar-refractivity contribution < 1.29 is 0 Å². The van der Waals surface area contributed by atoms with Crippen molar-refractivity contribution in [1.29, 1.82) is 0 Å². The number of hydrazone groups is 1. The number of aromatic amines is 2. The lowest BCUT2D eigenvalue weighted by molar-refractivity contribution is 0.897. The van der Waals surface area contributed by atoms with E-state index < -0.39 is 0 Å². The second kappa shape index (κ2) is 5.16. The van der Waals surface area contributed by atoms with Gasteiger partial charge in [0.15, 0.2) is 5.82 Å². The molecule has 2 heterocycles. The summed E-state index contributed by atoms with van der Waals surface area (Å²) in [5.41, 5.74) is 5.09. The van der Waals surface area contributed by atoms with Crippen molar-refractivity contribution in [2.75, 3.05) is 5.43 Å². The summed E-state index contributed by atoms with van der Waals surface area (Å²) in [5, 5.41) is 11.6. The van der Waals surface area contributed by atoms with E-state index in [1.807, 2.05) is 24.3 Å². The van der Waals surface area contributed by atoms with E-state index >= 15 is 0 Å². The molecule has 0 amide bonds. The monoisotopic (exact) mass is 283 g/mol. The van der Waals surface area contributed by atoms with Gasteiger partial charge < -0.3 is 4.98 Å². The van der Waals surface area contributed by atoms with Gasteiger partial charge >= 0.3 is 0 Å². The number of nitrogens with zero attached hydrogens (tertiary/aromatic N) is 4. The van der Waals surface area contributed by atoms with Gasteiger partial charge in [-0.15, -0.1) is 10.2 Å². The molecule has 0 aliphatic carbocycles. The molecular formula is C13H13N7O. The van der Waals surface area contributed by atoms with Crippen molar-refractivity contribution in [1.82, 2.24) is 25.1 Å². The largest absolute Gasteiger partial charge is 0.337 e. The van der Waals surface area contributed by atoms with E-state index in [1.54, 1.807) is 13.8 Å². The van der Waals surface area contributed by atoms with Gasteiger partial charge in [-0.05, 0) is 26.0 Å². The van der Waals surface area contributed by atoms with E-state index in [0.717, 1.165) is 11.0 Å². The number of para-hydroxylation sites is 2. The van der Waals surface area contributed by atoms with Crippen LogP contribution in [0.25, 0.3) is 11.0 Å². The highest BCUT2D eigenvalue weighted by Gasteiger charge is 2.05. The van der Waals surface area contributed by atoms with Crippen molar-refractivity contribution in [3.63, 3.8) is 0 Å². The van der Waals surface area contributed by atoms with Crippen LogP contribution in [0.2, 0.25) is 0 Å². The fourth-order valence-electron chi connectivity index (χ4n) is 1.76. The highest BCUT2D eigenvalue weighted by atomic mass is 16.1. The Bertz CT molecular complexity index is 844. The van der Waals surface area contributed by atoms with Crippen LogP contribution in [-0.4, -0.2) is 30.9 Å². The predicted octanol–water partition coefficient (Wildman–Crippen LogP) is 1.19. The highest BCUT2D eigenvalue weighted by molar-refractivity contribution is 5.98. The summed E-state index contributed by atoms with van der Waals surface area (Å²) in [5.74, 6) is 0.826. The van der Waals surface area contributed by atoms with Crippen LogP contribution in [0, 0.1) is 6.92 Å². The highest BCUT2D eigenvalue weighted by Crippen LogP contribution is 2.10. The normalized spacial score (nSPS) is 11.8. The summed E-state index contributed by atoms with van der Waals surface area (Å²) < 4.78 is 0. The second-order valence-corrected chi connectivity index (χ2v) is 4.50. The maximum atomic E-state index is 11.4. The summed E-state index contributed by atoms with van der Waals surface area (Å²) in [6.45, 7) is 3.38. The molecular weight excluding hydrogens is 270 g/mol. The number of anilines is 1.